The van der Waals surface area contributed by atoms with Crippen LogP contribution in [0.5, 0.6) is 0 Å². The highest BCUT2D eigenvalue weighted by atomic mass is 15.1. The van der Waals surface area contributed by atoms with Crippen LogP contribution in [0.4, 0.5) is 23.5 Å². The van der Waals surface area contributed by atoms with Gasteiger partial charge in [-0.3, -0.25) is 0 Å². The fourth-order valence-electron chi connectivity index (χ4n) is 9.83. The fourth-order valence-corrected chi connectivity index (χ4v) is 9.83. The molecule has 70 heavy (non-hydrogen) atoms. The van der Waals surface area contributed by atoms with E-state index in [1.807, 2.05) is 6.07 Å². The van der Waals surface area contributed by atoms with Crippen molar-refractivity contribution >= 4 is 66.6 Å². The Labute approximate surface area is 408 Å². The molecule has 2 unspecified atom stereocenters. The van der Waals surface area contributed by atoms with Crippen LogP contribution in [-0.2, 0) is 26.2 Å². The van der Waals surface area contributed by atoms with E-state index < -0.39 is 0 Å². The maximum Gasteiger partial charge on any atom is 0.225 e. The average Bonchev–Trinajstić information content (AvgIpc) is 3.41. The van der Waals surface area contributed by atoms with Crippen molar-refractivity contribution in [2.45, 2.75) is 50.9 Å². The standard InChI is InChI=1S/C36H32N4.C26H22N4/c1-2-10-27(11-3-1)32-20-21-33(32)34-22-35(37-23-28-16-8-14-25-12-4-6-18-30(25)28)40-36(39-34)38-24-29-17-9-15-26-13-5-7-19-31(26)29;1-3-13-23-19(7-1)9-5-11-21(23)17-28-25-15-16-27-26(30-25)29-18-22-12-6-10-20-8-2-4-14-24(20)22/h1-19,22,32-33H,20-21,23-24H2,(H2,37,38,39,40);1-16H,17-18H2,(H2,27,28,29,30). The minimum absolute atomic E-state index is 0.390. The molecule has 342 valence electrons. The lowest BCUT2D eigenvalue weighted by Gasteiger charge is -2.37. The van der Waals surface area contributed by atoms with Gasteiger partial charge in [0.2, 0.25) is 11.9 Å². The molecule has 2 atom stereocenters. The summed E-state index contributed by atoms with van der Waals surface area (Å²) in [7, 11) is 0. The van der Waals surface area contributed by atoms with Crippen LogP contribution in [0.2, 0.25) is 0 Å². The maximum atomic E-state index is 5.07. The van der Waals surface area contributed by atoms with Crippen LogP contribution in [0.3, 0.4) is 0 Å². The number of anilines is 4. The first-order valence-corrected chi connectivity index (χ1v) is 24.3. The van der Waals surface area contributed by atoms with Gasteiger partial charge in [-0.25, -0.2) is 9.97 Å². The number of nitrogens with zero attached hydrogens (tertiary/aromatic N) is 4. The number of hydrogen-bond donors (Lipinski definition) is 4. The van der Waals surface area contributed by atoms with E-state index in [1.165, 1.54) is 77.3 Å². The SMILES string of the molecule is c1ccc(C2CCC2c2cc(NCc3cccc4ccccc34)nc(NCc3cccc4ccccc34)n2)cc1.c1ccc2c(CNc3ccnc(NCc4cccc5ccccc45)n3)cccc2c1. The third-order valence-electron chi connectivity index (χ3n) is 13.6. The zero-order valence-electron chi connectivity index (χ0n) is 39.0. The van der Waals surface area contributed by atoms with E-state index in [2.05, 4.69) is 237 Å². The van der Waals surface area contributed by atoms with E-state index in [1.54, 1.807) is 6.20 Å². The molecule has 9 aromatic carbocycles. The van der Waals surface area contributed by atoms with Crippen LogP contribution in [-0.4, -0.2) is 19.9 Å². The van der Waals surface area contributed by atoms with Crippen LogP contribution in [0.1, 0.15) is 58.2 Å². The predicted octanol–water partition coefficient (Wildman–Crippen LogP) is 14.7. The van der Waals surface area contributed by atoms with Crippen molar-refractivity contribution in [1.29, 1.82) is 0 Å². The molecular formula is C62H54N8. The molecule has 0 radical (unpaired) electrons. The van der Waals surface area contributed by atoms with Gasteiger partial charge in [-0.2, -0.15) is 9.97 Å². The van der Waals surface area contributed by atoms with Crippen LogP contribution in [0.25, 0.3) is 43.1 Å². The highest BCUT2D eigenvalue weighted by Gasteiger charge is 2.35. The van der Waals surface area contributed by atoms with Gasteiger partial charge in [0.05, 0.1) is 5.69 Å². The summed E-state index contributed by atoms with van der Waals surface area (Å²) >= 11 is 0. The van der Waals surface area contributed by atoms with E-state index in [9.17, 15) is 0 Å². The topological polar surface area (TPSA) is 99.7 Å². The van der Waals surface area contributed by atoms with Crippen molar-refractivity contribution in [2.75, 3.05) is 21.3 Å². The van der Waals surface area contributed by atoms with Crippen LogP contribution in [0.15, 0.2) is 219 Å². The van der Waals surface area contributed by atoms with Gasteiger partial charge < -0.3 is 21.3 Å². The summed E-state index contributed by atoms with van der Waals surface area (Å²) in [6.07, 6.45) is 4.11. The number of rotatable bonds is 14. The van der Waals surface area contributed by atoms with E-state index in [0.29, 0.717) is 49.9 Å². The zero-order valence-corrected chi connectivity index (χ0v) is 39.0. The Morgan fingerprint density at radius 2 is 0.743 bits per heavy atom. The van der Waals surface area contributed by atoms with Crippen molar-refractivity contribution in [3.05, 3.63) is 252 Å². The summed E-state index contributed by atoms with van der Waals surface area (Å²) in [5.41, 5.74) is 7.48. The summed E-state index contributed by atoms with van der Waals surface area (Å²) < 4.78 is 0. The number of nitrogens with one attached hydrogen (secondary N) is 4. The number of hydrogen-bond acceptors (Lipinski definition) is 8. The van der Waals surface area contributed by atoms with Gasteiger partial charge in [-0.15, -0.1) is 0 Å². The molecule has 1 fully saturated rings. The molecule has 0 saturated heterocycles. The van der Waals surface area contributed by atoms with Gasteiger partial charge >= 0.3 is 0 Å². The average molecular weight is 911 g/mol. The number of benzene rings is 9. The van der Waals surface area contributed by atoms with Crippen molar-refractivity contribution in [3.8, 4) is 0 Å². The quantitative estimate of drug-likeness (QED) is 0.0856. The lowest BCUT2D eigenvalue weighted by atomic mass is 9.68. The van der Waals surface area contributed by atoms with Crippen molar-refractivity contribution in [2.24, 2.45) is 0 Å². The second-order valence-corrected chi connectivity index (χ2v) is 17.9. The molecule has 8 heteroatoms. The highest BCUT2D eigenvalue weighted by Crippen LogP contribution is 2.49. The van der Waals surface area contributed by atoms with Crippen molar-refractivity contribution < 1.29 is 0 Å². The predicted molar refractivity (Wildman–Crippen MR) is 290 cm³/mol. The molecule has 8 nitrogen and oxygen atoms in total. The Kier molecular flexibility index (Phi) is 13.0. The van der Waals surface area contributed by atoms with Crippen LogP contribution in [0, 0.1) is 0 Å². The van der Waals surface area contributed by atoms with Gasteiger partial charge in [-0.1, -0.05) is 200 Å². The van der Waals surface area contributed by atoms with E-state index in [0.717, 1.165) is 23.8 Å². The monoisotopic (exact) mass is 910 g/mol. The van der Waals surface area contributed by atoms with E-state index in [-0.39, 0.29) is 0 Å². The molecule has 0 aliphatic heterocycles. The maximum absolute atomic E-state index is 5.07. The molecule has 1 aliphatic rings. The lowest BCUT2D eigenvalue weighted by Crippen LogP contribution is -2.23. The van der Waals surface area contributed by atoms with Gasteiger partial charge in [-0.05, 0) is 95.7 Å². The Morgan fingerprint density at radius 3 is 1.23 bits per heavy atom. The molecule has 1 saturated carbocycles. The smallest absolute Gasteiger partial charge is 0.225 e. The molecule has 0 spiro atoms. The molecule has 0 amide bonds. The van der Waals surface area contributed by atoms with Crippen molar-refractivity contribution in [1.82, 2.24) is 19.9 Å². The molecule has 4 N–H and O–H groups in total. The Morgan fingerprint density at radius 1 is 0.343 bits per heavy atom. The molecule has 11 aromatic rings. The summed E-state index contributed by atoms with van der Waals surface area (Å²) in [6.45, 7) is 2.75. The normalized spacial score (nSPS) is 14.1. The fraction of sp³-hybridized carbons (Fsp3) is 0.129. The highest BCUT2D eigenvalue weighted by molar-refractivity contribution is 5.88. The summed E-state index contributed by atoms with van der Waals surface area (Å²) in [5, 5.41) is 24.0. The Balaban J connectivity index is 0.000000159. The number of aromatic nitrogens is 4. The third kappa shape index (κ3) is 9.98. The molecule has 2 heterocycles. The molecule has 2 aromatic heterocycles. The van der Waals surface area contributed by atoms with E-state index >= 15 is 0 Å². The largest absolute Gasteiger partial charge is 0.366 e. The summed E-state index contributed by atoms with van der Waals surface area (Å²) in [6, 6.07) is 74.5. The number of fused-ring (bicyclic) bond motifs is 4. The molecular weight excluding hydrogens is 857 g/mol. The van der Waals surface area contributed by atoms with E-state index in [4.69, 9.17) is 9.97 Å². The minimum atomic E-state index is 0.390. The minimum Gasteiger partial charge on any atom is -0.366 e. The van der Waals surface area contributed by atoms with Crippen LogP contribution < -0.4 is 21.3 Å². The molecule has 0 bridgehead atoms. The zero-order chi connectivity index (χ0) is 46.9. The first kappa shape index (κ1) is 43.9. The van der Waals surface area contributed by atoms with Gasteiger partial charge in [0.1, 0.15) is 11.6 Å². The molecule has 1 aliphatic carbocycles. The van der Waals surface area contributed by atoms with Gasteiger partial charge in [0.15, 0.2) is 0 Å². The second kappa shape index (κ2) is 20.7. The Hall–Kier alpha value is -8.62. The summed E-state index contributed by atoms with van der Waals surface area (Å²) in [5.74, 6) is 3.83. The second-order valence-electron chi connectivity index (χ2n) is 17.9. The van der Waals surface area contributed by atoms with Gasteiger partial charge in [0, 0.05) is 44.4 Å². The summed E-state index contributed by atoms with van der Waals surface area (Å²) in [4.78, 5) is 19.0. The molecule has 12 rings (SSSR count). The van der Waals surface area contributed by atoms with Crippen molar-refractivity contribution in [3.63, 3.8) is 0 Å². The van der Waals surface area contributed by atoms with Gasteiger partial charge in [0.25, 0.3) is 0 Å². The first-order chi connectivity index (χ1) is 34.7. The lowest BCUT2D eigenvalue weighted by molar-refractivity contribution is 0.340. The first-order valence-electron chi connectivity index (χ1n) is 24.3. The van der Waals surface area contributed by atoms with Crippen LogP contribution >= 0.6 is 0 Å². The Bertz CT molecular complexity index is 3340. The third-order valence-corrected chi connectivity index (χ3v) is 13.6.